The van der Waals surface area contributed by atoms with Crippen molar-refractivity contribution in [2.45, 2.75) is 25.3 Å². The third-order valence-electron chi connectivity index (χ3n) is 3.94. The van der Waals surface area contributed by atoms with Crippen LogP contribution in [0.2, 0.25) is 0 Å². The Morgan fingerprint density at radius 2 is 1.82 bits per heavy atom. The molecule has 0 aromatic heterocycles. The van der Waals surface area contributed by atoms with Crippen LogP contribution in [0.15, 0.2) is 58.4 Å². The molecule has 3 N–H and O–H groups in total. The van der Waals surface area contributed by atoms with Crippen molar-refractivity contribution < 1.29 is 13.2 Å². The topological polar surface area (TPSA) is 91.8 Å². The highest BCUT2D eigenvalue weighted by Crippen LogP contribution is 2.13. The van der Waals surface area contributed by atoms with Crippen LogP contribution in [-0.4, -0.2) is 41.1 Å². The average Bonchev–Trinajstić information content (AvgIpc) is 2.69. The van der Waals surface area contributed by atoms with Gasteiger partial charge in [-0.3, -0.25) is 0 Å². The molecule has 0 radical (unpaired) electrons. The molecule has 0 aliphatic rings. The van der Waals surface area contributed by atoms with Gasteiger partial charge in [0.25, 0.3) is 0 Å². The van der Waals surface area contributed by atoms with Gasteiger partial charge < -0.3 is 15.4 Å². The Morgan fingerprint density at radius 1 is 1.07 bits per heavy atom. The summed E-state index contributed by atoms with van der Waals surface area (Å²) in [5, 5.41) is 6.28. The molecule has 0 spiro atoms. The minimum atomic E-state index is -3.51. The molecular weight excluding hydrogens is 376 g/mol. The van der Waals surface area contributed by atoms with Crippen molar-refractivity contribution in [3.05, 3.63) is 59.7 Å². The highest BCUT2D eigenvalue weighted by Gasteiger charge is 2.12. The van der Waals surface area contributed by atoms with Crippen LogP contribution in [0.4, 0.5) is 0 Å². The Balaban J connectivity index is 1.87. The molecule has 152 valence electrons. The van der Waals surface area contributed by atoms with Crippen molar-refractivity contribution in [3.8, 4) is 5.75 Å². The van der Waals surface area contributed by atoms with Gasteiger partial charge in [0.05, 0.1) is 18.6 Å². The van der Waals surface area contributed by atoms with Crippen LogP contribution in [0, 0.1) is 6.92 Å². The van der Waals surface area contributed by atoms with Crippen molar-refractivity contribution in [1.29, 1.82) is 0 Å². The Kier molecular flexibility index (Phi) is 8.28. The lowest BCUT2D eigenvalue weighted by molar-refractivity contribution is 0.414. The number of hydrogen-bond acceptors (Lipinski definition) is 4. The van der Waals surface area contributed by atoms with E-state index >= 15 is 0 Å². The number of ether oxygens (including phenoxy) is 1. The van der Waals surface area contributed by atoms with Gasteiger partial charge in [0.2, 0.25) is 10.0 Å². The first-order valence-corrected chi connectivity index (χ1v) is 10.6. The van der Waals surface area contributed by atoms with Gasteiger partial charge in [-0.15, -0.1) is 0 Å². The Labute approximate surface area is 167 Å². The summed E-state index contributed by atoms with van der Waals surface area (Å²) in [6.07, 6.45) is 0. The van der Waals surface area contributed by atoms with Crippen LogP contribution < -0.4 is 20.1 Å². The predicted octanol–water partition coefficient (Wildman–Crippen LogP) is 2.04. The van der Waals surface area contributed by atoms with E-state index in [4.69, 9.17) is 4.74 Å². The maximum atomic E-state index is 12.3. The number of rotatable bonds is 9. The number of nitrogens with one attached hydrogen (secondary N) is 3. The molecule has 0 bridgehead atoms. The largest absolute Gasteiger partial charge is 0.497 e. The van der Waals surface area contributed by atoms with Crippen LogP contribution in [0.1, 0.15) is 18.1 Å². The van der Waals surface area contributed by atoms with E-state index in [9.17, 15) is 8.42 Å². The van der Waals surface area contributed by atoms with Crippen molar-refractivity contribution in [2.24, 2.45) is 4.99 Å². The van der Waals surface area contributed by atoms with Gasteiger partial charge in [0.15, 0.2) is 5.96 Å². The number of benzene rings is 2. The molecule has 0 fully saturated rings. The van der Waals surface area contributed by atoms with Gasteiger partial charge in [-0.05, 0) is 43.7 Å². The smallest absolute Gasteiger partial charge is 0.240 e. The predicted molar refractivity (Wildman–Crippen MR) is 112 cm³/mol. The van der Waals surface area contributed by atoms with Crippen LogP contribution in [0.25, 0.3) is 0 Å². The van der Waals surface area contributed by atoms with Gasteiger partial charge in [0, 0.05) is 19.6 Å². The first kappa shape index (κ1) is 21.7. The van der Waals surface area contributed by atoms with Crippen LogP contribution in [-0.2, 0) is 16.6 Å². The van der Waals surface area contributed by atoms with Crippen LogP contribution >= 0.6 is 0 Å². The standard InChI is InChI=1S/C20H28N4O3S/c1-4-21-20(23-15-17-6-5-7-18(14-17)27-3)22-12-13-24-28(25,26)19-10-8-16(2)9-11-19/h5-11,14,24H,4,12-13,15H2,1-3H3,(H2,21,22,23). The highest BCUT2D eigenvalue weighted by atomic mass is 32.2. The van der Waals surface area contributed by atoms with E-state index in [1.807, 2.05) is 38.1 Å². The number of aryl methyl sites for hydroxylation is 1. The number of hydrogen-bond donors (Lipinski definition) is 3. The monoisotopic (exact) mass is 404 g/mol. The van der Waals surface area contributed by atoms with Crippen molar-refractivity contribution >= 4 is 16.0 Å². The maximum absolute atomic E-state index is 12.3. The van der Waals surface area contributed by atoms with E-state index in [0.29, 0.717) is 25.6 Å². The second kappa shape index (κ2) is 10.7. The number of guanidine groups is 1. The van der Waals surface area contributed by atoms with Gasteiger partial charge >= 0.3 is 0 Å². The molecule has 0 heterocycles. The summed E-state index contributed by atoms with van der Waals surface area (Å²) in [4.78, 5) is 4.78. The molecule has 0 amide bonds. The number of aliphatic imine (C=N–C) groups is 1. The van der Waals surface area contributed by atoms with Crippen molar-refractivity contribution in [1.82, 2.24) is 15.4 Å². The lowest BCUT2D eigenvalue weighted by Crippen LogP contribution is -2.41. The van der Waals surface area contributed by atoms with E-state index < -0.39 is 10.0 Å². The molecule has 2 aromatic carbocycles. The molecule has 2 aromatic rings. The van der Waals surface area contributed by atoms with E-state index in [2.05, 4.69) is 20.3 Å². The molecule has 8 heteroatoms. The highest BCUT2D eigenvalue weighted by molar-refractivity contribution is 7.89. The fraction of sp³-hybridized carbons (Fsp3) is 0.350. The zero-order chi connectivity index (χ0) is 20.4. The molecule has 7 nitrogen and oxygen atoms in total. The molecule has 0 saturated carbocycles. The quantitative estimate of drug-likeness (QED) is 0.338. The van der Waals surface area contributed by atoms with Crippen molar-refractivity contribution in [3.63, 3.8) is 0 Å². The van der Waals surface area contributed by atoms with E-state index in [0.717, 1.165) is 16.9 Å². The van der Waals surface area contributed by atoms with Gasteiger partial charge in [-0.1, -0.05) is 29.8 Å². The number of methoxy groups -OCH3 is 1. The summed E-state index contributed by atoms with van der Waals surface area (Å²) >= 11 is 0. The lowest BCUT2D eigenvalue weighted by atomic mass is 10.2. The normalized spacial score (nSPS) is 11.9. The Bertz CT molecular complexity index is 881. The number of sulfonamides is 1. The van der Waals surface area contributed by atoms with Gasteiger partial charge in [-0.25, -0.2) is 18.1 Å². The van der Waals surface area contributed by atoms with Gasteiger partial charge in [-0.2, -0.15) is 0 Å². The summed E-state index contributed by atoms with van der Waals surface area (Å²) in [7, 11) is -1.88. The van der Waals surface area contributed by atoms with E-state index in [-0.39, 0.29) is 11.4 Å². The first-order chi connectivity index (χ1) is 13.4. The summed E-state index contributed by atoms with van der Waals surface area (Å²) < 4.78 is 32.4. The van der Waals surface area contributed by atoms with Crippen LogP contribution in [0.3, 0.4) is 0 Å². The third-order valence-corrected chi connectivity index (χ3v) is 5.42. The van der Waals surface area contributed by atoms with E-state index in [1.54, 1.807) is 31.4 Å². The molecule has 0 atom stereocenters. The summed E-state index contributed by atoms with van der Waals surface area (Å²) in [6, 6.07) is 14.5. The fourth-order valence-electron chi connectivity index (χ4n) is 2.45. The maximum Gasteiger partial charge on any atom is 0.240 e. The average molecular weight is 405 g/mol. The third kappa shape index (κ3) is 6.86. The van der Waals surface area contributed by atoms with Crippen molar-refractivity contribution in [2.75, 3.05) is 26.7 Å². The zero-order valence-corrected chi connectivity index (χ0v) is 17.3. The minimum absolute atomic E-state index is 0.250. The van der Waals surface area contributed by atoms with E-state index in [1.165, 1.54) is 0 Å². The molecule has 0 saturated heterocycles. The molecule has 0 unspecified atom stereocenters. The molecule has 2 rings (SSSR count). The Morgan fingerprint density at radius 3 is 2.50 bits per heavy atom. The second-order valence-corrected chi connectivity index (χ2v) is 7.95. The lowest BCUT2D eigenvalue weighted by Gasteiger charge is -2.12. The first-order valence-electron chi connectivity index (χ1n) is 9.16. The molecule has 0 aliphatic heterocycles. The minimum Gasteiger partial charge on any atom is -0.497 e. The number of nitrogens with zero attached hydrogens (tertiary/aromatic N) is 1. The SMILES string of the molecule is CCNC(=NCc1cccc(OC)c1)NCCNS(=O)(=O)c1ccc(C)cc1. The van der Waals surface area contributed by atoms with Gasteiger partial charge in [0.1, 0.15) is 5.75 Å². The molecular formula is C20H28N4O3S. The zero-order valence-electron chi connectivity index (χ0n) is 16.5. The summed E-state index contributed by atoms with van der Waals surface area (Å²) in [5.41, 5.74) is 2.04. The van der Waals surface area contributed by atoms with Crippen LogP contribution in [0.5, 0.6) is 5.75 Å². The fourth-order valence-corrected chi connectivity index (χ4v) is 3.48. The summed E-state index contributed by atoms with van der Waals surface area (Å²) in [5.74, 6) is 1.41. The molecule has 0 aliphatic carbocycles. The summed E-state index contributed by atoms with van der Waals surface area (Å²) in [6.45, 7) is 5.75. The Hall–Kier alpha value is -2.58. The second-order valence-electron chi connectivity index (χ2n) is 6.18. The molecule has 28 heavy (non-hydrogen) atoms.